The number of aliphatic imine (C=N–C) groups is 1. The van der Waals surface area contributed by atoms with Crippen LogP contribution in [0.15, 0.2) is 81.8 Å². The van der Waals surface area contributed by atoms with Crippen LogP contribution >= 0.6 is 11.8 Å². The van der Waals surface area contributed by atoms with Crippen molar-refractivity contribution in [2.75, 3.05) is 0 Å². The zero-order valence-corrected chi connectivity index (χ0v) is 32.4. The second-order valence-electron chi connectivity index (χ2n) is 15.2. The van der Waals surface area contributed by atoms with Gasteiger partial charge in [-0.15, -0.1) is 46.5 Å². The fourth-order valence-corrected chi connectivity index (χ4v) is 9.60. The number of ether oxygens (including phenoxy) is 1. The van der Waals surface area contributed by atoms with Gasteiger partial charge in [-0.05, 0) is 61.5 Å². The number of pyridine rings is 2. The maximum Gasteiger partial charge on any atom is 2.00 e. The molecule has 5 nitrogen and oxygen atoms in total. The summed E-state index contributed by atoms with van der Waals surface area (Å²) in [7, 11) is 0. The van der Waals surface area contributed by atoms with Crippen LogP contribution in [0.5, 0.6) is 0 Å². The first-order valence-electron chi connectivity index (χ1n) is 16.7. The van der Waals surface area contributed by atoms with Crippen molar-refractivity contribution in [3.63, 3.8) is 0 Å². The molecule has 1 aliphatic carbocycles. The fraction of sp³-hybridized carbons (Fsp3) is 0.310. The van der Waals surface area contributed by atoms with E-state index in [1.165, 1.54) is 44.1 Å². The van der Waals surface area contributed by atoms with Gasteiger partial charge in [-0.25, -0.2) is 4.98 Å². The summed E-state index contributed by atoms with van der Waals surface area (Å²) in [4.78, 5) is 16.2. The molecule has 49 heavy (non-hydrogen) atoms. The SMILES string of the molecule is Cc1cc2c3c(c1)c1cc(C)c(Sc4[c-]c(C5=N[C@]6(C)c7ccccc7C(C)(C)[C@]6(C)O5)cc(C)n4)[c-]c1n3-c1ncccc1C2(C)C.[Pt+2]. The third-order valence-electron chi connectivity index (χ3n) is 11.7. The molecular formula is C42H38N4OPtS. The molecule has 0 spiro atoms. The van der Waals surface area contributed by atoms with Crippen LogP contribution in [0.4, 0.5) is 0 Å². The number of hydrogen-bond donors (Lipinski definition) is 0. The van der Waals surface area contributed by atoms with Gasteiger partial charge in [0.2, 0.25) is 0 Å². The molecule has 0 saturated carbocycles. The molecule has 3 aromatic carbocycles. The van der Waals surface area contributed by atoms with Crippen LogP contribution in [0.2, 0.25) is 0 Å². The van der Waals surface area contributed by atoms with Crippen molar-refractivity contribution in [1.82, 2.24) is 14.5 Å². The quantitative estimate of drug-likeness (QED) is 0.167. The molecular weight excluding hydrogens is 804 g/mol. The van der Waals surface area contributed by atoms with E-state index in [1.807, 2.05) is 25.3 Å². The number of hydrogen-bond acceptors (Lipinski definition) is 5. The summed E-state index contributed by atoms with van der Waals surface area (Å²) in [6.07, 6.45) is 1.89. The number of aromatic nitrogens is 3. The zero-order valence-electron chi connectivity index (χ0n) is 29.3. The fourth-order valence-electron chi connectivity index (χ4n) is 8.69. The molecule has 0 saturated heterocycles. The van der Waals surface area contributed by atoms with Gasteiger partial charge in [-0.2, -0.15) is 6.07 Å². The molecule has 6 aromatic rings. The summed E-state index contributed by atoms with van der Waals surface area (Å²) in [5.41, 5.74) is 10.0. The van der Waals surface area contributed by atoms with E-state index in [1.54, 1.807) is 11.8 Å². The molecule has 3 aromatic heterocycles. The van der Waals surface area contributed by atoms with E-state index < -0.39 is 11.1 Å². The first-order chi connectivity index (χ1) is 22.7. The van der Waals surface area contributed by atoms with Gasteiger partial charge < -0.3 is 9.30 Å². The van der Waals surface area contributed by atoms with Crippen molar-refractivity contribution in [3.8, 4) is 5.82 Å². The molecule has 2 atom stereocenters. The molecule has 0 fully saturated rings. The molecule has 248 valence electrons. The second kappa shape index (κ2) is 10.4. The Hall–Kier alpha value is -3.73. The van der Waals surface area contributed by atoms with E-state index in [0.29, 0.717) is 5.90 Å². The summed E-state index contributed by atoms with van der Waals surface area (Å²) in [5, 5.41) is 3.21. The minimum Gasteiger partial charge on any atom is -0.525 e. The Kier molecular flexibility index (Phi) is 6.89. The summed E-state index contributed by atoms with van der Waals surface area (Å²) < 4.78 is 9.23. The summed E-state index contributed by atoms with van der Waals surface area (Å²) in [6, 6.07) is 29.3. The number of rotatable bonds is 3. The normalized spacial score (nSPS) is 22.3. The van der Waals surface area contributed by atoms with Gasteiger partial charge in [0.1, 0.15) is 22.9 Å². The van der Waals surface area contributed by atoms with E-state index in [2.05, 4.69) is 121 Å². The molecule has 0 bridgehead atoms. The minimum atomic E-state index is -0.540. The Labute approximate surface area is 306 Å². The number of aryl methyl sites for hydroxylation is 3. The third kappa shape index (κ3) is 4.14. The van der Waals surface area contributed by atoms with Crippen molar-refractivity contribution in [1.29, 1.82) is 0 Å². The van der Waals surface area contributed by atoms with E-state index in [9.17, 15) is 0 Å². The molecule has 0 N–H and O–H groups in total. The van der Waals surface area contributed by atoms with Gasteiger partial charge in [0.15, 0.2) is 0 Å². The maximum atomic E-state index is 6.91. The molecule has 0 unspecified atom stereocenters. The van der Waals surface area contributed by atoms with Crippen molar-refractivity contribution >= 4 is 39.5 Å². The molecule has 5 heterocycles. The standard InChI is InChI=1S/C42H38N4OS.Pt/c1-23-17-28-27-19-24(2)34(22-33(27)46-36(28)32(18-23)39(4,5)31-15-12-16-43-37(31)46)48-35-21-26(20-25(3)44-35)38-45-41(8)30-14-11-10-13-29(30)40(6,7)42(41,9)47-38;/h10-20H,1-9H3;/q-2;+2/t41-,42+;/m1./s1. The summed E-state index contributed by atoms with van der Waals surface area (Å²) >= 11 is 1.59. The number of benzene rings is 3. The largest absolute Gasteiger partial charge is 2.00 e. The molecule has 9 rings (SSSR count). The Morgan fingerprint density at radius 2 is 1.53 bits per heavy atom. The maximum absolute atomic E-state index is 6.91. The predicted octanol–water partition coefficient (Wildman–Crippen LogP) is 9.63. The summed E-state index contributed by atoms with van der Waals surface area (Å²) in [6.45, 7) is 19.9. The van der Waals surface area contributed by atoms with Gasteiger partial charge in [0.25, 0.3) is 0 Å². The Bertz CT molecular complexity index is 2440. The Morgan fingerprint density at radius 3 is 2.31 bits per heavy atom. The predicted molar refractivity (Wildman–Crippen MR) is 194 cm³/mol. The van der Waals surface area contributed by atoms with E-state index in [4.69, 9.17) is 19.7 Å². The van der Waals surface area contributed by atoms with E-state index in [0.717, 1.165) is 38.1 Å². The molecule has 2 aliphatic heterocycles. The van der Waals surface area contributed by atoms with E-state index >= 15 is 0 Å². The van der Waals surface area contributed by atoms with Gasteiger partial charge in [0.05, 0.1) is 0 Å². The van der Waals surface area contributed by atoms with Crippen LogP contribution in [-0.4, -0.2) is 26.0 Å². The first kappa shape index (κ1) is 32.5. The van der Waals surface area contributed by atoms with Gasteiger partial charge in [0, 0.05) is 33.1 Å². The molecule has 0 radical (unpaired) electrons. The smallest absolute Gasteiger partial charge is 0.525 e. The van der Waals surface area contributed by atoms with E-state index in [-0.39, 0.29) is 31.9 Å². The van der Waals surface area contributed by atoms with Crippen LogP contribution in [0, 0.1) is 32.9 Å². The third-order valence-corrected chi connectivity index (χ3v) is 12.7. The average molecular weight is 842 g/mol. The van der Waals surface area contributed by atoms with Crippen LogP contribution in [-0.2, 0) is 42.2 Å². The van der Waals surface area contributed by atoms with Gasteiger partial charge in [-0.1, -0.05) is 93.1 Å². The molecule has 0 amide bonds. The zero-order chi connectivity index (χ0) is 33.5. The summed E-state index contributed by atoms with van der Waals surface area (Å²) in [5.74, 6) is 1.60. The molecule has 7 heteroatoms. The van der Waals surface area contributed by atoms with Crippen LogP contribution < -0.4 is 0 Å². The Morgan fingerprint density at radius 1 is 0.796 bits per heavy atom. The van der Waals surface area contributed by atoms with Gasteiger partial charge >= 0.3 is 21.1 Å². The van der Waals surface area contributed by atoms with Crippen LogP contribution in [0.25, 0.3) is 27.6 Å². The van der Waals surface area contributed by atoms with Crippen molar-refractivity contribution in [2.45, 2.75) is 94.2 Å². The van der Waals surface area contributed by atoms with Crippen molar-refractivity contribution in [2.24, 2.45) is 4.99 Å². The average Bonchev–Trinajstić information content (AvgIpc) is 3.55. The minimum absolute atomic E-state index is 0. The number of nitrogens with zero attached hydrogens (tertiary/aromatic N) is 4. The first-order valence-corrected chi connectivity index (χ1v) is 17.5. The topological polar surface area (TPSA) is 52.3 Å². The molecule has 3 aliphatic rings. The van der Waals surface area contributed by atoms with Crippen LogP contribution in [0.3, 0.4) is 0 Å². The van der Waals surface area contributed by atoms with Gasteiger partial charge in [-0.3, -0.25) is 9.98 Å². The monoisotopic (exact) mass is 841 g/mol. The van der Waals surface area contributed by atoms with Crippen molar-refractivity contribution < 1.29 is 25.8 Å². The van der Waals surface area contributed by atoms with Crippen molar-refractivity contribution in [3.05, 3.63) is 124 Å². The number of fused-ring (bicyclic) bond motifs is 8. The Balaban J connectivity index is 0.00000348. The van der Waals surface area contributed by atoms with Crippen LogP contribution in [0.1, 0.15) is 86.2 Å². The second-order valence-corrected chi connectivity index (χ2v) is 16.2.